The summed E-state index contributed by atoms with van der Waals surface area (Å²) in [5.74, 6) is -5.21. The van der Waals surface area contributed by atoms with Gasteiger partial charge in [-0.25, -0.2) is 23.0 Å². The molecule has 0 spiro atoms. The molecule has 2 aromatic carbocycles. The maximum absolute atomic E-state index is 14.6. The fourth-order valence-electron chi connectivity index (χ4n) is 2.98. The number of hydroxylamine groups is 1. The lowest BCUT2D eigenvalue weighted by Crippen LogP contribution is -2.27. The van der Waals surface area contributed by atoms with Gasteiger partial charge in [-0.1, -0.05) is 12.1 Å². The summed E-state index contributed by atoms with van der Waals surface area (Å²) in [4.78, 5) is 12.8. The van der Waals surface area contributed by atoms with E-state index in [0.29, 0.717) is 0 Å². The summed E-state index contributed by atoms with van der Waals surface area (Å²) in [6.45, 7) is 0.0659. The zero-order chi connectivity index (χ0) is 22.3. The van der Waals surface area contributed by atoms with Gasteiger partial charge in [0.25, 0.3) is 0 Å². The molecule has 0 fully saturated rings. The molecule has 0 radical (unpaired) electrons. The number of halogens is 4. The molecule has 2 N–H and O–H groups in total. The fraction of sp³-hybridized carbons (Fsp3) is 0.350. The normalized spacial score (nSPS) is 10.9. The molecule has 0 aliphatic carbocycles. The van der Waals surface area contributed by atoms with Gasteiger partial charge in [-0.2, -0.15) is 0 Å². The second-order valence-electron chi connectivity index (χ2n) is 6.46. The lowest BCUT2D eigenvalue weighted by atomic mass is 10.1. The number of nitrogens with zero attached hydrogens (tertiary/aromatic N) is 1. The first-order valence-electron chi connectivity index (χ1n) is 8.99. The summed E-state index contributed by atoms with van der Waals surface area (Å²) in [5, 5.41) is 8.60. The Bertz CT molecular complexity index is 834. The highest BCUT2D eigenvalue weighted by Crippen LogP contribution is 2.28. The lowest BCUT2D eigenvalue weighted by Gasteiger charge is -2.24. The van der Waals surface area contributed by atoms with E-state index in [1.54, 1.807) is 4.90 Å². The summed E-state index contributed by atoms with van der Waals surface area (Å²) in [7, 11) is 2.27. The van der Waals surface area contributed by atoms with Crippen molar-refractivity contribution < 1.29 is 37.0 Å². The number of nitrogens with one attached hydrogen (secondary N) is 1. The lowest BCUT2D eigenvalue weighted by molar-refractivity contribution is -0.129. The van der Waals surface area contributed by atoms with Crippen LogP contribution in [-0.2, 0) is 17.9 Å². The van der Waals surface area contributed by atoms with E-state index in [2.05, 4.69) is 0 Å². The Balaban J connectivity index is 2.28. The number of hydrogen-bond donors (Lipinski definition) is 2. The maximum atomic E-state index is 14.6. The molecule has 0 aromatic heterocycles. The van der Waals surface area contributed by atoms with Crippen LogP contribution in [0.2, 0.25) is 0 Å². The number of methoxy groups -OCH3 is 2. The van der Waals surface area contributed by atoms with E-state index in [-0.39, 0.29) is 43.6 Å². The Labute approximate surface area is 171 Å². The molecule has 164 valence electrons. The molecule has 0 unspecified atom stereocenters. The van der Waals surface area contributed by atoms with Gasteiger partial charge in [-0.05, 0) is 25.1 Å². The van der Waals surface area contributed by atoms with Crippen LogP contribution < -0.4 is 15.0 Å². The van der Waals surface area contributed by atoms with Crippen molar-refractivity contribution in [2.45, 2.75) is 25.9 Å². The van der Waals surface area contributed by atoms with Crippen LogP contribution in [0.5, 0.6) is 11.5 Å². The molecule has 0 saturated carbocycles. The number of rotatable bonds is 10. The van der Waals surface area contributed by atoms with Crippen molar-refractivity contribution in [3.8, 4) is 11.5 Å². The van der Waals surface area contributed by atoms with E-state index in [4.69, 9.17) is 14.7 Å². The minimum absolute atomic E-state index is 0.0303. The minimum Gasteiger partial charge on any atom is -0.491 e. The third-order valence-electron chi connectivity index (χ3n) is 4.46. The highest BCUT2D eigenvalue weighted by molar-refractivity contribution is 5.74. The molecule has 0 aliphatic heterocycles. The number of benzene rings is 2. The van der Waals surface area contributed by atoms with Crippen LogP contribution >= 0.6 is 0 Å². The van der Waals surface area contributed by atoms with Gasteiger partial charge in [0, 0.05) is 30.6 Å². The summed E-state index contributed by atoms with van der Waals surface area (Å²) in [5.41, 5.74) is 1.69. The Kier molecular flexibility index (Phi) is 8.43. The van der Waals surface area contributed by atoms with Gasteiger partial charge in [0.05, 0.1) is 14.2 Å². The average molecular weight is 430 g/mol. The zero-order valence-corrected chi connectivity index (χ0v) is 16.5. The van der Waals surface area contributed by atoms with Crippen molar-refractivity contribution in [2.75, 3.05) is 20.8 Å². The molecule has 10 heteroatoms. The second-order valence-corrected chi connectivity index (χ2v) is 6.46. The SMILES string of the molecule is COc1c(F)ccc(CN(CCCC(=O)NO)Cc2ccc(F)c(OC)c2F)c1F. The number of carbonyl (C=O) groups is 1. The van der Waals surface area contributed by atoms with Crippen LogP contribution in [0.4, 0.5) is 17.6 Å². The van der Waals surface area contributed by atoms with E-state index < -0.39 is 40.7 Å². The Morgan fingerprint density at radius 3 is 1.80 bits per heavy atom. The van der Waals surface area contributed by atoms with Crippen molar-refractivity contribution in [1.29, 1.82) is 0 Å². The van der Waals surface area contributed by atoms with Crippen LogP contribution in [0.15, 0.2) is 24.3 Å². The summed E-state index contributed by atoms with van der Waals surface area (Å²) in [6.07, 6.45) is 0.226. The fourth-order valence-corrected chi connectivity index (χ4v) is 2.98. The zero-order valence-electron chi connectivity index (χ0n) is 16.5. The Hall–Kier alpha value is -2.85. The maximum Gasteiger partial charge on any atom is 0.243 e. The third-order valence-corrected chi connectivity index (χ3v) is 4.46. The predicted octanol–water partition coefficient (Wildman–Crippen LogP) is 3.55. The van der Waals surface area contributed by atoms with E-state index in [0.717, 1.165) is 26.4 Å². The first-order valence-corrected chi connectivity index (χ1v) is 8.99. The molecule has 0 bridgehead atoms. The van der Waals surface area contributed by atoms with Gasteiger partial charge >= 0.3 is 0 Å². The van der Waals surface area contributed by atoms with E-state index >= 15 is 0 Å². The molecule has 0 saturated heterocycles. The molecule has 6 nitrogen and oxygen atoms in total. The first kappa shape index (κ1) is 23.4. The van der Waals surface area contributed by atoms with Crippen LogP contribution in [0.3, 0.4) is 0 Å². The van der Waals surface area contributed by atoms with Crippen LogP contribution in [0, 0.1) is 23.3 Å². The van der Waals surface area contributed by atoms with E-state index in [9.17, 15) is 22.4 Å². The van der Waals surface area contributed by atoms with Gasteiger partial charge in [-0.15, -0.1) is 0 Å². The van der Waals surface area contributed by atoms with E-state index in [1.807, 2.05) is 0 Å². The largest absolute Gasteiger partial charge is 0.491 e. The smallest absolute Gasteiger partial charge is 0.243 e. The minimum atomic E-state index is -0.896. The summed E-state index contributed by atoms with van der Waals surface area (Å²) < 4.78 is 65.9. The van der Waals surface area contributed by atoms with Gasteiger partial charge in [0.2, 0.25) is 5.91 Å². The molecule has 30 heavy (non-hydrogen) atoms. The number of carbonyl (C=O) groups excluding carboxylic acids is 1. The number of ether oxygens (including phenoxy) is 2. The Morgan fingerprint density at radius 1 is 0.933 bits per heavy atom. The molecule has 2 aromatic rings. The summed E-state index contributed by atoms with van der Waals surface area (Å²) >= 11 is 0. The van der Waals surface area contributed by atoms with Crippen molar-refractivity contribution >= 4 is 5.91 Å². The molecule has 0 aliphatic rings. The average Bonchev–Trinajstić information content (AvgIpc) is 2.72. The number of amides is 1. The number of hydrogen-bond acceptors (Lipinski definition) is 5. The standard InChI is InChI=1S/C20H22F4N2O4/c1-29-19-14(21)7-5-12(17(19)23)10-26(9-3-4-16(27)25-28)11-13-6-8-15(22)20(30-2)18(13)24/h5-8,28H,3-4,9-11H2,1-2H3,(H,25,27). The van der Waals surface area contributed by atoms with E-state index in [1.165, 1.54) is 17.6 Å². The summed E-state index contributed by atoms with van der Waals surface area (Å²) in [6, 6.07) is 4.58. The van der Waals surface area contributed by atoms with Crippen LogP contribution in [-0.4, -0.2) is 36.8 Å². The molecule has 0 heterocycles. The van der Waals surface area contributed by atoms with Crippen molar-refractivity contribution in [2.24, 2.45) is 0 Å². The molecular formula is C20H22F4N2O4. The molecule has 2 rings (SSSR count). The highest BCUT2D eigenvalue weighted by atomic mass is 19.1. The first-order chi connectivity index (χ1) is 14.3. The van der Waals surface area contributed by atoms with Gasteiger partial charge in [0.1, 0.15) is 0 Å². The third kappa shape index (κ3) is 5.61. The second kappa shape index (κ2) is 10.8. The van der Waals surface area contributed by atoms with Crippen molar-refractivity contribution in [3.63, 3.8) is 0 Å². The topological polar surface area (TPSA) is 71.0 Å². The van der Waals surface area contributed by atoms with Crippen LogP contribution in [0.1, 0.15) is 24.0 Å². The highest BCUT2D eigenvalue weighted by Gasteiger charge is 2.20. The monoisotopic (exact) mass is 430 g/mol. The van der Waals surface area contributed by atoms with Crippen molar-refractivity contribution in [1.82, 2.24) is 10.4 Å². The van der Waals surface area contributed by atoms with Crippen LogP contribution in [0.25, 0.3) is 0 Å². The molecule has 1 amide bonds. The molecule has 0 atom stereocenters. The predicted molar refractivity (Wildman–Crippen MR) is 99.1 cm³/mol. The van der Waals surface area contributed by atoms with Gasteiger partial charge in [-0.3, -0.25) is 14.9 Å². The molecular weight excluding hydrogens is 408 g/mol. The quantitative estimate of drug-likeness (QED) is 0.343. The van der Waals surface area contributed by atoms with Gasteiger partial charge < -0.3 is 9.47 Å². The Morgan fingerprint density at radius 2 is 1.40 bits per heavy atom. The van der Waals surface area contributed by atoms with Crippen molar-refractivity contribution in [3.05, 3.63) is 58.7 Å². The van der Waals surface area contributed by atoms with Gasteiger partial charge in [0.15, 0.2) is 34.8 Å².